The number of aromatic nitrogens is 1. The highest BCUT2D eigenvalue weighted by atomic mass is 19.1. The van der Waals surface area contributed by atoms with Crippen molar-refractivity contribution in [3.8, 4) is 0 Å². The molecule has 0 unspecified atom stereocenters. The minimum atomic E-state index is -0.254. The van der Waals surface area contributed by atoms with Crippen molar-refractivity contribution < 1.29 is 13.6 Å². The molecule has 5 heteroatoms. The number of para-hydroxylation sites is 2. The number of aryl methyl sites for hydroxylation is 1. The number of oxazole rings is 1. The van der Waals surface area contributed by atoms with Crippen LogP contribution in [0.3, 0.4) is 0 Å². The zero-order valence-corrected chi connectivity index (χ0v) is 12.6. The molecule has 3 aromatic rings. The standard InChI is InChI=1S/C18H17FN2O2/c19-14-7-5-13(6-8-14)11-12-20-17(22)9-10-18-21-15-3-1-2-4-16(15)23-18/h1-8H,9-12H2,(H,20,22). The zero-order chi connectivity index (χ0) is 16.1. The summed E-state index contributed by atoms with van der Waals surface area (Å²) < 4.78 is 18.4. The van der Waals surface area contributed by atoms with Crippen LogP contribution in [-0.2, 0) is 17.6 Å². The second kappa shape index (κ2) is 7.05. The number of nitrogens with one attached hydrogen (secondary N) is 1. The molecule has 1 heterocycles. The Hall–Kier alpha value is -2.69. The van der Waals surface area contributed by atoms with Gasteiger partial charge in [0.15, 0.2) is 11.5 Å². The average molecular weight is 312 g/mol. The third kappa shape index (κ3) is 4.16. The van der Waals surface area contributed by atoms with Crippen molar-refractivity contribution >= 4 is 17.0 Å². The van der Waals surface area contributed by atoms with Crippen molar-refractivity contribution in [3.05, 3.63) is 65.8 Å². The van der Waals surface area contributed by atoms with E-state index in [9.17, 15) is 9.18 Å². The van der Waals surface area contributed by atoms with E-state index in [1.165, 1.54) is 12.1 Å². The highest BCUT2D eigenvalue weighted by molar-refractivity contribution is 5.76. The van der Waals surface area contributed by atoms with E-state index in [-0.39, 0.29) is 11.7 Å². The molecular formula is C18H17FN2O2. The molecule has 0 radical (unpaired) electrons. The molecular weight excluding hydrogens is 295 g/mol. The molecule has 0 fully saturated rings. The first-order valence-electron chi connectivity index (χ1n) is 7.56. The topological polar surface area (TPSA) is 55.1 Å². The lowest BCUT2D eigenvalue weighted by atomic mass is 10.1. The molecule has 0 atom stereocenters. The number of carbonyl (C=O) groups excluding carboxylic acids is 1. The Bertz CT molecular complexity index is 763. The quantitative estimate of drug-likeness (QED) is 0.760. The lowest BCUT2D eigenvalue weighted by Crippen LogP contribution is -2.25. The molecule has 3 rings (SSSR count). The molecule has 0 saturated heterocycles. The van der Waals surface area contributed by atoms with Crippen LogP contribution in [0.2, 0.25) is 0 Å². The van der Waals surface area contributed by atoms with Gasteiger partial charge in [0.25, 0.3) is 0 Å². The molecule has 4 nitrogen and oxygen atoms in total. The molecule has 0 aliphatic rings. The summed E-state index contributed by atoms with van der Waals surface area (Å²) in [6.45, 7) is 0.526. The van der Waals surface area contributed by atoms with Gasteiger partial charge in [-0.2, -0.15) is 0 Å². The number of carbonyl (C=O) groups is 1. The van der Waals surface area contributed by atoms with Crippen LogP contribution in [0.4, 0.5) is 4.39 Å². The van der Waals surface area contributed by atoms with Crippen molar-refractivity contribution in [2.45, 2.75) is 19.3 Å². The first-order valence-corrected chi connectivity index (χ1v) is 7.56. The van der Waals surface area contributed by atoms with E-state index in [4.69, 9.17) is 4.42 Å². The third-order valence-corrected chi connectivity index (χ3v) is 3.55. The van der Waals surface area contributed by atoms with Crippen LogP contribution in [0.1, 0.15) is 17.9 Å². The first kappa shape index (κ1) is 15.2. The van der Waals surface area contributed by atoms with Gasteiger partial charge in [-0.1, -0.05) is 24.3 Å². The summed E-state index contributed by atoms with van der Waals surface area (Å²) in [6, 6.07) is 13.8. The van der Waals surface area contributed by atoms with E-state index in [0.717, 1.165) is 16.7 Å². The van der Waals surface area contributed by atoms with Gasteiger partial charge in [0, 0.05) is 19.4 Å². The minimum absolute atomic E-state index is 0.0469. The van der Waals surface area contributed by atoms with Gasteiger partial charge in [-0.25, -0.2) is 9.37 Å². The molecule has 0 spiro atoms. The second-order valence-electron chi connectivity index (χ2n) is 5.30. The number of hydrogen-bond acceptors (Lipinski definition) is 3. The highest BCUT2D eigenvalue weighted by Crippen LogP contribution is 2.15. The van der Waals surface area contributed by atoms with E-state index in [0.29, 0.717) is 31.7 Å². The molecule has 0 bridgehead atoms. The first-order chi connectivity index (χ1) is 11.2. The Labute approximate surface area is 133 Å². The number of halogens is 1. The maximum Gasteiger partial charge on any atom is 0.220 e. The van der Waals surface area contributed by atoms with E-state index in [2.05, 4.69) is 10.3 Å². The lowest BCUT2D eigenvalue weighted by molar-refractivity contribution is -0.121. The molecule has 23 heavy (non-hydrogen) atoms. The van der Waals surface area contributed by atoms with Gasteiger partial charge in [0.05, 0.1) is 0 Å². The number of fused-ring (bicyclic) bond motifs is 1. The van der Waals surface area contributed by atoms with Crippen LogP contribution in [0, 0.1) is 5.82 Å². The Morgan fingerprint density at radius 2 is 1.87 bits per heavy atom. The Morgan fingerprint density at radius 3 is 2.65 bits per heavy atom. The molecule has 2 aromatic carbocycles. The SMILES string of the molecule is O=C(CCc1nc2ccccc2o1)NCCc1ccc(F)cc1. The van der Waals surface area contributed by atoms with E-state index >= 15 is 0 Å². The molecule has 0 aliphatic carbocycles. The van der Waals surface area contributed by atoms with Gasteiger partial charge >= 0.3 is 0 Å². The maximum atomic E-state index is 12.8. The fourth-order valence-corrected chi connectivity index (χ4v) is 2.33. The Balaban J connectivity index is 1.43. The number of nitrogens with zero attached hydrogens (tertiary/aromatic N) is 1. The molecule has 1 amide bonds. The predicted octanol–water partition coefficient (Wildman–Crippen LogP) is 3.26. The van der Waals surface area contributed by atoms with Crippen LogP contribution in [0.25, 0.3) is 11.1 Å². The van der Waals surface area contributed by atoms with Crippen molar-refractivity contribution in [2.75, 3.05) is 6.54 Å². The van der Waals surface area contributed by atoms with Gasteiger partial charge in [-0.15, -0.1) is 0 Å². The van der Waals surface area contributed by atoms with Crippen molar-refractivity contribution in [1.82, 2.24) is 10.3 Å². The summed E-state index contributed by atoms with van der Waals surface area (Å²) in [5.41, 5.74) is 2.53. The van der Waals surface area contributed by atoms with E-state index < -0.39 is 0 Å². The number of hydrogen-bond donors (Lipinski definition) is 1. The summed E-state index contributed by atoms with van der Waals surface area (Å²) in [7, 11) is 0. The van der Waals surface area contributed by atoms with Gasteiger partial charge in [-0.3, -0.25) is 4.79 Å². The normalized spacial score (nSPS) is 10.8. The smallest absolute Gasteiger partial charge is 0.220 e. The predicted molar refractivity (Wildman–Crippen MR) is 85.4 cm³/mol. The Morgan fingerprint density at radius 1 is 1.09 bits per heavy atom. The summed E-state index contributed by atoms with van der Waals surface area (Å²) in [5, 5.41) is 2.85. The van der Waals surface area contributed by atoms with Gasteiger partial charge < -0.3 is 9.73 Å². The van der Waals surface area contributed by atoms with E-state index in [1.54, 1.807) is 12.1 Å². The van der Waals surface area contributed by atoms with Crippen LogP contribution < -0.4 is 5.32 Å². The van der Waals surface area contributed by atoms with Crippen LogP contribution in [0.5, 0.6) is 0 Å². The third-order valence-electron chi connectivity index (χ3n) is 3.55. The fraction of sp³-hybridized carbons (Fsp3) is 0.222. The fourth-order valence-electron chi connectivity index (χ4n) is 2.33. The summed E-state index contributed by atoms with van der Waals surface area (Å²) in [5.74, 6) is 0.269. The summed E-state index contributed by atoms with van der Waals surface area (Å²) in [4.78, 5) is 16.2. The molecule has 0 aliphatic heterocycles. The maximum absolute atomic E-state index is 12.8. The zero-order valence-electron chi connectivity index (χ0n) is 12.6. The summed E-state index contributed by atoms with van der Waals surface area (Å²) >= 11 is 0. The largest absolute Gasteiger partial charge is 0.441 e. The second-order valence-corrected chi connectivity index (χ2v) is 5.30. The molecule has 0 saturated carbocycles. The minimum Gasteiger partial charge on any atom is -0.441 e. The van der Waals surface area contributed by atoms with Crippen LogP contribution in [-0.4, -0.2) is 17.4 Å². The van der Waals surface area contributed by atoms with Crippen molar-refractivity contribution in [2.24, 2.45) is 0 Å². The average Bonchev–Trinajstić information content (AvgIpc) is 2.98. The van der Waals surface area contributed by atoms with Gasteiger partial charge in [0.2, 0.25) is 5.91 Å². The van der Waals surface area contributed by atoms with Crippen molar-refractivity contribution in [3.63, 3.8) is 0 Å². The summed E-state index contributed by atoms with van der Waals surface area (Å²) in [6.07, 6.45) is 1.47. The number of rotatable bonds is 6. The van der Waals surface area contributed by atoms with Gasteiger partial charge in [-0.05, 0) is 36.2 Å². The number of amides is 1. The molecule has 118 valence electrons. The van der Waals surface area contributed by atoms with Crippen molar-refractivity contribution in [1.29, 1.82) is 0 Å². The van der Waals surface area contributed by atoms with Crippen LogP contribution in [0.15, 0.2) is 52.9 Å². The number of benzene rings is 2. The monoisotopic (exact) mass is 312 g/mol. The van der Waals surface area contributed by atoms with Gasteiger partial charge in [0.1, 0.15) is 11.3 Å². The van der Waals surface area contributed by atoms with E-state index in [1.807, 2.05) is 24.3 Å². The van der Waals surface area contributed by atoms with Crippen LogP contribution >= 0.6 is 0 Å². The highest BCUT2D eigenvalue weighted by Gasteiger charge is 2.08. The molecule has 1 N–H and O–H groups in total. The lowest BCUT2D eigenvalue weighted by Gasteiger charge is -2.04. The Kier molecular flexibility index (Phi) is 4.66. The molecule has 1 aromatic heterocycles.